The van der Waals surface area contributed by atoms with Gasteiger partial charge in [0.15, 0.2) is 0 Å². The van der Waals surface area contributed by atoms with Crippen molar-refractivity contribution in [3.8, 4) is 0 Å². The van der Waals surface area contributed by atoms with Gasteiger partial charge in [-0.1, -0.05) is 0 Å². The van der Waals surface area contributed by atoms with Gasteiger partial charge in [-0.05, 0) is 26.3 Å². The van der Waals surface area contributed by atoms with Gasteiger partial charge in [-0.2, -0.15) is 0 Å². The van der Waals surface area contributed by atoms with E-state index < -0.39 is 28.7 Å². The number of carboxylic acids is 1. The lowest BCUT2D eigenvalue weighted by atomic mass is 9.86. The number of amides is 1. The smallest absolute Gasteiger partial charge is 0.433 e. The average Bonchev–Trinajstić information content (AvgIpc) is 2.86. The Morgan fingerprint density at radius 3 is 2.67 bits per heavy atom. The fourth-order valence-corrected chi connectivity index (χ4v) is 2.72. The highest BCUT2D eigenvalue weighted by Gasteiger charge is 2.43. The molecule has 8 heteroatoms. The number of hydrogen-bond donors (Lipinski definition) is 1. The van der Waals surface area contributed by atoms with Gasteiger partial charge in [0.25, 0.3) is 0 Å². The minimum atomic E-state index is -1.04. The maximum Gasteiger partial charge on any atom is 0.433 e. The molecule has 1 aromatic rings. The molecule has 2 atom stereocenters. The van der Waals surface area contributed by atoms with Crippen LogP contribution >= 0.6 is 0 Å². The molecular formula is C13H16N2O6. The molecule has 2 unspecified atom stereocenters. The second-order valence-corrected chi connectivity index (χ2v) is 5.26. The van der Waals surface area contributed by atoms with E-state index in [0.29, 0.717) is 0 Å². The number of carbonyl (C=O) groups is 2. The summed E-state index contributed by atoms with van der Waals surface area (Å²) in [6.45, 7) is 3.54. The van der Waals surface area contributed by atoms with Crippen molar-refractivity contribution in [3.05, 3.63) is 28.0 Å². The molecule has 0 radical (unpaired) electrons. The van der Waals surface area contributed by atoms with Gasteiger partial charge in [0.1, 0.15) is 16.7 Å². The quantitative estimate of drug-likeness (QED) is 0.671. The Labute approximate surface area is 120 Å². The van der Waals surface area contributed by atoms with E-state index in [1.165, 1.54) is 17.0 Å². The first-order valence-corrected chi connectivity index (χ1v) is 6.61. The molecule has 21 heavy (non-hydrogen) atoms. The van der Waals surface area contributed by atoms with E-state index in [1.807, 2.05) is 0 Å². The van der Waals surface area contributed by atoms with Crippen molar-refractivity contribution in [2.75, 3.05) is 0 Å². The van der Waals surface area contributed by atoms with Crippen molar-refractivity contribution in [2.45, 2.75) is 38.8 Å². The van der Waals surface area contributed by atoms with E-state index in [9.17, 15) is 24.8 Å². The Morgan fingerprint density at radius 1 is 1.52 bits per heavy atom. The summed E-state index contributed by atoms with van der Waals surface area (Å²) in [4.78, 5) is 35.0. The molecule has 1 N–H and O–H groups in total. The molecule has 0 saturated carbocycles. The van der Waals surface area contributed by atoms with Crippen LogP contribution in [-0.2, 0) is 9.59 Å². The number of rotatable bonds is 4. The number of hydrogen-bond acceptors (Lipinski definition) is 5. The van der Waals surface area contributed by atoms with E-state index in [2.05, 4.69) is 0 Å². The van der Waals surface area contributed by atoms with Gasteiger partial charge in [0, 0.05) is 12.5 Å². The predicted molar refractivity (Wildman–Crippen MR) is 70.4 cm³/mol. The van der Waals surface area contributed by atoms with Gasteiger partial charge in [-0.3, -0.25) is 19.7 Å². The zero-order chi connectivity index (χ0) is 15.7. The van der Waals surface area contributed by atoms with Crippen molar-refractivity contribution in [1.82, 2.24) is 4.90 Å². The van der Waals surface area contributed by atoms with E-state index in [-0.39, 0.29) is 30.6 Å². The fourth-order valence-electron chi connectivity index (χ4n) is 2.72. The maximum absolute atomic E-state index is 12.1. The van der Waals surface area contributed by atoms with Crippen LogP contribution in [0.5, 0.6) is 0 Å². The van der Waals surface area contributed by atoms with Crippen molar-refractivity contribution >= 4 is 17.8 Å². The fraction of sp³-hybridized carbons (Fsp3) is 0.538. The molecule has 1 amide bonds. The molecule has 0 aliphatic carbocycles. The van der Waals surface area contributed by atoms with Crippen LogP contribution in [0.25, 0.3) is 0 Å². The maximum atomic E-state index is 12.1. The number of carboxylic acid groups (broad SMARTS) is 1. The number of carbonyl (C=O) groups excluding carboxylic acids is 1. The number of aliphatic carboxylic acids is 1. The Hall–Kier alpha value is -2.38. The second kappa shape index (κ2) is 5.55. The summed E-state index contributed by atoms with van der Waals surface area (Å²) in [5.41, 5.74) is 0. The Balaban J connectivity index is 2.45. The van der Waals surface area contributed by atoms with Gasteiger partial charge in [0.05, 0.1) is 12.0 Å². The van der Waals surface area contributed by atoms with Gasteiger partial charge in [-0.15, -0.1) is 0 Å². The van der Waals surface area contributed by atoms with E-state index in [0.717, 1.165) is 0 Å². The first-order chi connectivity index (χ1) is 9.82. The molecule has 1 aliphatic heterocycles. The highest BCUT2D eigenvalue weighted by molar-refractivity contribution is 5.81. The normalized spacial score (nSPS) is 22.6. The molecule has 0 spiro atoms. The van der Waals surface area contributed by atoms with Crippen LogP contribution in [0.3, 0.4) is 0 Å². The van der Waals surface area contributed by atoms with Crippen molar-refractivity contribution in [1.29, 1.82) is 0 Å². The lowest BCUT2D eigenvalue weighted by Gasteiger charge is -2.40. The van der Waals surface area contributed by atoms with Crippen molar-refractivity contribution < 1.29 is 24.0 Å². The minimum absolute atomic E-state index is 0.135. The number of furan rings is 1. The standard InChI is InChI=1S/C13H16N2O6/c1-7(2)14-10(16)5-3-8(13(17)18)12(14)9-4-6-11(21-9)15(19)20/h4,6-8,12H,3,5H2,1-2H3,(H,17,18). The monoisotopic (exact) mass is 296 g/mol. The summed E-state index contributed by atoms with van der Waals surface area (Å²) in [6, 6.07) is 1.49. The molecule has 1 aromatic heterocycles. The lowest BCUT2D eigenvalue weighted by Crippen LogP contribution is -2.48. The summed E-state index contributed by atoms with van der Waals surface area (Å²) in [5.74, 6) is -2.38. The predicted octanol–water partition coefficient (Wildman–Crippen LogP) is 1.96. The molecule has 1 aliphatic rings. The van der Waals surface area contributed by atoms with Crippen LogP contribution in [-0.4, -0.2) is 32.8 Å². The van der Waals surface area contributed by atoms with E-state index in [4.69, 9.17) is 4.42 Å². The van der Waals surface area contributed by atoms with Crippen LogP contribution in [0, 0.1) is 16.0 Å². The summed E-state index contributed by atoms with van der Waals surface area (Å²) >= 11 is 0. The van der Waals surface area contributed by atoms with Crippen LogP contribution in [0.2, 0.25) is 0 Å². The summed E-state index contributed by atoms with van der Waals surface area (Å²) in [7, 11) is 0. The summed E-state index contributed by atoms with van der Waals surface area (Å²) in [5, 5.41) is 20.1. The number of piperidine rings is 1. The van der Waals surface area contributed by atoms with Crippen molar-refractivity contribution in [2.24, 2.45) is 5.92 Å². The van der Waals surface area contributed by atoms with Crippen LogP contribution in [0.15, 0.2) is 16.5 Å². The summed E-state index contributed by atoms with van der Waals surface area (Å²) < 4.78 is 5.14. The van der Waals surface area contributed by atoms with E-state index in [1.54, 1.807) is 13.8 Å². The van der Waals surface area contributed by atoms with E-state index >= 15 is 0 Å². The van der Waals surface area contributed by atoms with Gasteiger partial charge in [-0.25, -0.2) is 0 Å². The molecule has 8 nitrogen and oxygen atoms in total. The molecule has 0 bridgehead atoms. The largest absolute Gasteiger partial charge is 0.481 e. The first-order valence-electron chi connectivity index (χ1n) is 6.61. The highest BCUT2D eigenvalue weighted by atomic mass is 16.6. The molecule has 1 fully saturated rings. The number of nitrogens with zero attached hydrogens (tertiary/aromatic N) is 2. The second-order valence-electron chi connectivity index (χ2n) is 5.26. The van der Waals surface area contributed by atoms with Gasteiger partial charge < -0.3 is 14.4 Å². The SMILES string of the molecule is CC(C)N1C(=O)CCC(C(=O)O)C1c1ccc([N+](=O)[O-])o1. The summed E-state index contributed by atoms with van der Waals surface area (Å²) in [6.07, 6.45) is 0.338. The number of likely N-dealkylation sites (tertiary alicyclic amines) is 1. The van der Waals surface area contributed by atoms with Gasteiger partial charge in [0.2, 0.25) is 5.91 Å². The third kappa shape index (κ3) is 2.74. The average molecular weight is 296 g/mol. The molecule has 0 aromatic carbocycles. The highest BCUT2D eigenvalue weighted by Crippen LogP contribution is 2.39. The van der Waals surface area contributed by atoms with Crippen LogP contribution < -0.4 is 0 Å². The topological polar surface area (TPSA) is 114 Å². The lowest BCUT2D eigenvalue weighted by molar-refractivity contribution is -0.402. The Bertz CT molecular complexity index is 579. The van der Waals surface area contributed by atoms with Crippen LogP contribution in [0.4, 0.5) is 5.88 Å². The third-order valence-electron chi connectivity index (χ3n) is 3.60. The molecular weight excluding hydrogens is 280 g/mol. The molecule has 1 saturated heterocycles. The Morgan fingerprint density at radius 2 is 2.19 bits per heavy atom. The zero-order valence-electron chi connectivity index (χ0n) is 11.7. The number of nitro groups is 1. The first kappa shape index (κ1) is 15.0. The molecule has 114 valence electrons. The van der Waals surface area contributed by atoms with Crippen molar-refractivity contribution in [3.63, 3.8) is 0 Å². The third-order valence-corrected chi connectivity index (χ3v) is 3.60. The molecule has 2 heterocycles. The zero-order valence-corrected chi connectivity index (χ0v) is 11.7. The van der Waals surface area contributed by atoms with Crippen LogP contribution in [0.1, 0.15) is 38.5 Å². The van der Waals surface area contributed by atoms with Gasteiger partial charge >= 0.3 is 11.9 Å². The minimum Gasteiger partial charge on any atom is -0.481 e. The molecule has 2 rings (SSSR count). The Kier molecular flexibility index (Phi) is 3.97.